The monoisotopic (exact) mass is 404 g/mol. The minimum absolute atomic E-state index is 0.272. The molecule has 0 N–H and O–H groups in total. The minimum atomic E-state index is -0.272. The van der Waals surface area contributed by atoms with E-state index in [0.717, 1.165) is 22.6 Å². The van der Waals surface area contributed by atoms with Crippen molar-refractivity contribution in [3.8, 4) is 11.5 Å². The summed E-state index contributed by atoms with van der Waals surface area (Å²) in [5, 5.41) is 0. The highest BCUT2D eigenvalue weighted by Gasteiger charge is 2.30. The third-order valence-electron chi connectivity index (χ3n) is 4.66. The average molecular weight is 405 g/mol. The molecule has 2 nitrogen and oxygen atoms in total. The van der Waals surface area contributed by atoms with Gasteiger partial charge in [0.05, 0.1) is 17.5 Å². The summed E-state index contributed by atoms with van der Waals surface area (Å²) >= 11 is 4.01. The van der Waals surface area contributed by atoms with E-state index in [2.05, 4.69) is 74.8 Å². The maximum Gasteiger partial charge on any atom is 0.122 e. The van der Waals surface area contributed by atoms with E-state index in [4.69, 9.17) is 9.47 Å². The lowest BCUT2D eigenvalue weighted by molar-refractivity contribution is 0.337. The van der Waals surface area contributed by atoms with Crippen LogP contribution in [0.1, 0.15) is 54.2 Å². The molecule has 0 saturated carbocycles. The van der Waals surface area contributed by atoms with Crippen molar-refractivity contribution in [2.24, 2.45) is 0 Å². The van der Waals surface area contributed by atoms with E-state index < -0.39 is 0 Å². The van der Waals surface area contributed by atoms with Gasteiger partial charge in [-0.2, -0.15) is 0 Å². The van der Waals surface area contributed by atoms with Crippen molar-refractivity contribution in [2.75, 3.05) is 13.2 Å². The third kappa shape index (κ3) is 4.03. The molecule has 3 heteroatoms. The molecule has 0 unspecified atom stereocenters. The van der Waals surface area contributed by atoms with Crippen LogP contribution < -0.4 is 9.47 Å². The van der Waals surface area contributed by atoms with Gasteiger partial charge in [-0.15, -0.1) is 0 Å². The molecular formula is C22H29BrO2. The van der Waals surface area contributed by atoms with Crippen LogP contribution in [0.2, 0.25) is 0 Å². The van der Waals surface area contributed by atoms with Gasteiger partial charge in [-0.25, -0.2) is 0 Å². The van der Waals surface area contributed by atoms with Crippen LogP contribution in [0.4, 0.5) is 0 Å². The Morgan fingerprint density at radius 2 is 1.08 bits per heavy atom. The lowest BCUT2D eigenvalue weighted by Crippen LogP contribution is -2.19. The Hall–Kier alpha value is -1.48. The second kappa shape index (κ2) is 7.82. The summed E-state index contributed by atoms with van der Waals surface area (Å²) < 4.78 is 11.2. The van der Waals surface area contributed by atoms with E-state index in [1.54, 1.807) is 0 Å². The number of rotatable bonds is 6. The van der Waals surface area contributed by atoms with E-state index in [-0.39, 0.29) is 4.32 Å². The van der Waals surface area contributed by atoms with Gasteiger partial charge in [0, 0.05) is 0 Å². The fraction of sp³-hybridized carbons (Fsp3) is 0.455. The second-order valence-electron chi connectivity index (χ2n) is 6.73. The van der Waals surface area contributed by atoms with Crippen LogP contribution in [0.5, 0.6) is 11.5 Å². The summed E-state index contributed by atoms with van der Waals surface area (Å²) in [6, 6.07) is 8.76. The molecule has 136 valence electrons. The van der Waals surface area contributed by atoms with Gasteiger partial charge in [0.1, 0.15) is 11.5 Å². The standard InChI is InChI=1S/C22H29BrO2/c1-8-24-20-12-14(3)18(10-16(20)5)22(7,23)19-11-17(6)21(25-9-2)13-15(19)4/h10-13H,8-9H2,1-7H3. The van der Waals surface area contributed by atoms with Gasteiger partial charge >= 0.3 is 0 Å². The molecule has 0 atom stereocenters. The summed E-state index contributed by atoms with van der Waals surface area (Å²) in [7, 11) is 0. The van der Waals surface area contributed by atoms with Crippen LogP contribution in [0.15, 0.2) is 24.3 Å². The minimum Gasteiger partial charge on any atom is -0.494 e. The molecule has 2 aromatic carbocycles. The van der Waals surface area contributed by atoms with Crippen molar-refractivity contribution < 1.29 is 9.47 Å². The number of hydrogen-bond donors (Lipinski definition) is 0. The Labute approximate surface area is 160 Å². The Morgan fingerprint density at radius 1 is 0.720 bits per heavy atom. The summed E-state index contributed by atoms with van der Waals surface area (Å²) in [5.41, 5.74) is 7.29. The van der Waals surface area contributed by atoms with Crippen molar-refractivity contribution in [3.05, 3.63) is 57.6 Å². The summed E-state index contributed by atoms with van der Waals surface area (Å²) in [4.78, 5) is 0. The molecular weight excluding hydrogens is 376 g/mol. The molecule has 0 fully saturated rings. The van der Waals surface area contributed by atoms with Crippen LogP contribution in [0.25, 0.3) is 0 Å². The van der Waals surface area contributed by atoms with E-state index in [9.17, 15) is 0 Å². The number of benzene rings is 2. The van der Waals surface area contributed by atoms with Gasteiger partial charge in [0.25, 0.3) is 0 Å². The zero-order chi connectivity index (χ0) is 18.8. The SMILES string of the molecule is CCOc1cc(C)c(C(C)(Br)c2cc(C)c(OCC)cc2C)cc1C. The van der Waals surface area contributed by atoms with Gasteiger partial charge in [-0.1, -0.05) is 28.1 Å². The van der Waals surface area contributed by atoms with Gasteiger partial charge in [0.15, 0.2) is 0 Å². The Kier molecular flexibility index (Phi) is 6.21. The van der Waals surface area contributed by atoms with Crippen molar-refractivity contribution in [2.45, 2.75) is 52.8 Å². The van der Waals surface area contributed by atoms with Crippen molar-refractivity contribution in [3.63, 3.8) is 0 Å². The van der Waals surface area contributed by atoms with Crippen LogP contribution in [0.3, 0.4) is 0 Å². The quantitative estimate of drug-likeness (QED) is 0.520. The Bertz CT molecular complexity index is 700. The molecule has 0 radical (unpaired) electrons. The van der Waals surface area contributed by atoms with E-state index >= 15 is 0 Å². The maximum atomic E-state index is 5.74. The molecule has 0 aromatic heterocycles. The molecule has 0 aliphatic rings. The number of halogens is 1. The predicted molar refractivity (Wildman–Crippen MR) is 110 cm³/mol. The number of ether oxygens (including phenoxy) is 2. The Morgan fingerprint density at radius 3 is 1.40 bits per heavy atom. The normalized spacial score (nSPS) is 11.5. The number of hydrogen-bond acceptors (Lipinski definition) is 2. The van der Waals surface area contributed by atoms with Gasteiger partial charge < -0.3 is 9.47 Å². The molecule has 2 rings (SSSR count). The van der Waals surface area contributed by atoms with Gasteiger partial charge in [0.2, 0.25) is 0 Å². The number of alkyl halides is 1. The first-order valence-corrected chi connectivity index (χ1v) is 9.69. The molecule has 0 heterocycles. The molecule has 0 spiro atoms. The fourth-order valence-corrected chi connectivity index (χ4v) is 4.21. The van der Waals surface area contributed by atoms with E-state index in [1.807, 2.05) is 13.8 Å². The topological polar surface area (TPSA) is 18.5 Å². The molecule has 0 bridgehead atoms. The molecule has 0 amide bonds. The maximum absolute atomic E-state index is 5.74. The van der Waals surface area contributed by atoms with Crippen molar-refractivity contribution >= 4 is 15.9 Å². The van der Waals surface area contributed by atoms with E-state index in [1.165, 1.54) is 22.3 Å². The fourth-order valence-electron chi connectivity index (χ4n) is 3.36. The summed E-state index contributed by atoms with van der Waals surface area (Å²) in [6.07, 6.45) is 0. The van der Waals surface area contributed by atoms with Gasteiger partial charge in [-0.05, 0) is 94.0 Å². The third-order valence-corrected chi connectivity index (χ3v) is 5.51. The first kappa shape index (κ1) is 19.8. The Balaban J connectivity index is 2.55. The van der Waals surface area contributed by atoms with Crippen LogP contribution in [-0.2, 0) is 4.32 Å². The molecule has 0 aliphatic heterocycles. The first-order valence-electron chi connectivity index (χ1n) is 8.90. The summed E-state index contributed by atoms with van der Waals surface area (Å²) in [6.45, 7) is 16.1. The largest absolute Gasteiger partial charge is 0.494 e. The van der Waals surface area contributed by atoms with Crippen molar-refractivity contribution in [1.82, 2.24) is 0 Å². The van der Waals surface area contributed by atoms with E-state index in [0.29, 0.717) is 13.2 Å². The molecule has 0 aliphatic carbocycles. The molecule has 2 aromatic rings. The van der Waals surface area contributed by atoms with Crippen molar-refractivity contribution in [1.29, 1.82) is 0 Å². The zero-order valence-electron chi connectivity index (χ0n) is 16.4. The molecule has 0 saturated heterocycles. The highest BCUT2D eigenvalue weighted by Crippen LogP contribution is 2.44. The average Bonchev–Trinajstić information content (AvgIpc) is 2.54. The highest BCUT2D eigenvalue weighted by atomic mass is 79.9. The first-order chi connectivity index (χ1) is 11.7. The van der Waals surface area contributed by atoms with Crippen LogP contribution >= 0.6 is 15.9 Å². The second-order valence-corrected chi connectivity index (χ2v) is 8.32. The lowest BCUT2D eigenvalue weighted by atomic mass is 9.85. The molecule has 25 heavy (non-hydrogen) atoms. The van der Waals surface area contributed by atoms with Crippen LogP contribution in [0, 0.1) is 27.7 Å². The van der Waals surface area contributed by atoms with Gasteiger partial charge in [-0.3, -0.25) is 0 Å². The highest BCUT2D eigenvalue weighted by molar-refractivity contribution is 9.09. The summed E-state index contributed by atoms with van der Waals surface area (Å²) in [5.74, 6) is 1.93. The smallest absolute Gasteiger partial charge is 0.122 e. The lowest BCUT2D eigenvalue weighted by Gasteiger charge is -2.29. The number of aryl methyl sites for hydroxylation is 4. The predicted octanol–water partition coefficient (Wildman–Crippen LogP) is 6.38. The zero-order valence-corrected chi connectivity index (χ0v) is 18.0. The van der Waals surface area contributed by atoms with Crippen LogP contribution in [-0.4, -0.2) is 13.2 Å².